The minimum absolute atomic E-state index is 0.602. The van der Waals surface area contributed by atoms with E-state index in [1.807, 2.05) is 0 Å². The van der Waals surface area contributed by atoms with Crippen molar-refractivity contribution < 1.29 is 8.42 Å². The zero-order valence-corrected chi connectivity index (χ0v) is 13.4. The maximum Gasteiger partial charge on any atom is 0.279 e. The molecule has 2 rings (SSSR count). The van der Waals surface area contributed by atoms with Crippen LogP contribution in [0.25, 0.3) is 0 Å². The van der Waals surface area contributed by atoms with Gasteiger partial charge in [-0.25, -0.2) is 4.72 Å². The third kappa shape index (κ3) is 5.31. The van der Waals surface area contributed by atoms with Crippen LogP contribution < -0.4 is 10.0 Å². The topological polar surface area (TPSA) is 61.4 Å². The van der Waals surface area contributed by atoms with Crippen LogP contribution in [0.3, 0.4) is 0 Å². The molecule has 20 heavy (non-hydrogen) atoms. The standard InChI is InChI=1S/C14H29N3O2S/c1-2-8-15-12-14-6-10-17(11-7-14)20(18,19)16-9-5-13-3-4-13/h13-16H,2-12H2,1H3. The van der Waals surface area contributed by atoms with Gasteiger partial charge in [-0.1, -0.05) is 19.8 Å². The van der Waals surface area contributed by atoms with Crippen LogP contribution in [0.4, 0.5) is 0 Å². The Kier molecular flexibility index (Phi) is 6.26. The highest BCUT2D eigenvalue weighted by molar-refractivity contribution is 7.87. The Morgan fingerprint density at radius 2 is 1.75 bits per heavy atom. The molecule has 0 amide bonds. The van der Waals surface area contributed by atoms with Crippen molar-refractivity contribution in [3.63, 3.8) is 0 Å². The lowest BCUT2D eigenvalue weighted by atomic mass is 9.98. The maximum absolute atomic E-state index is 12.2. The first-order valence-electron chi connectivity index (χ1n) is 8.07. The first kappa shape index (κ1) is 16.2. The lowest BCUT2D eigenvalue weighted by Crippen LogP contribution is -2.46. The molecule has 5 nitrogen and oxygen atoms in total. The fourth-order valence-corrected chi connectivity index (χ4v) is 3.98. The average Bonchev–Trinajstić information content (AvgIpc) is 3.24. The molecule has 0 bridgehead atoms. The van der Waals surface area contributed by atoms with Crippen molar-refractivity contribution in [1.29, 1.82) is 0 Å². The quantitative estimate of drug-likeness (QED) is 0.632. The number of hydrogen-bond acceptors (Lipinski definition) is 3. The Bertz CT molecular complexity index is 374. The van der Waals surface area contributed by atoms with Gasteiger partial charge in [0.2, 0.25) is 0 Å². The van der Waals surface area contributed by atoms with E-state index in [4.69, 9.17) is 0 Å². The van der Waals surface area contributed by atoms with Gasteiger partial charge in [0.25, 0.3) is 10.2 Å². The predicted molar refractivity (Wildman–Crippen MR) is 81.7 cm³/mol. The predicted octanol–water partition coefficient (Wildman–Crippen LogP) is 1.33. The Balaban J connectivity index is 1.65. The van der Waals surface area contributed by atoms with Crippen LogP contribution in [0, 0.1) is 11.8 Å². The van der Waals surface area contributed by atoms with E-state index in [1.165, 1.54) is 12.8 Å². The van der Waals surface area contributed by atoms with E-state index in [1.54, 1.807) is 4.31 Å². The van der Waals surface area contributed by atoms with Crippen molar-refractivity contribution in [3.05, 3.63) is 0 Å². The van der Waals surface area contributed by atoms with E-state index in [0.717, 1.165) is 44.7 Å². The van der Waals surface area contributed by atoms with Crippen molar-refractivity contribution in [2.75, 3.05) is 32.7 Å². The van der Waals surface area contributed by atoms with Gasteiger partial charge < -0.3 is 5.32 Å². The van der Waals surface area contributed by atoms with Crippen LogP contribution in [-0.4, -0.2) is 45.4 Å². The molecule has 0 aromatic heterocycles. The van der Waals surface area contributed by atoms with E-state index >= 15 is 0 Å². The largest absolute Gasteiger partial charge is 0.316 e. The van der Waals surface area contributed by atoms with Gasteiger partial charge >= 0.3 is 0 Å². The highest BCUT2D eigenvalue weighted by Crippen LogP contribution is 2.31. The molecule has 1 aliphatic heterocycles. The minimum atomic E-state index is -3.24. The zero-order chi connectivity index (χ0) is 14.4. The van der Waals surface area contributed by atoms with Crippen LogP contribution in [0.5, 0.6) is 0 Å². The van der Waals surface area contributed by atoms with E-state index < -0.39 is 10.2 Å². The SMILES string of the molecule is CCCNCC1CCN(S(=O)(=O)NCCC2CC2)CC1. The summed E-state index contributed by atoms with van der Waals surface area (Å²) in [4.78, 5) is 0. The summed E-state index contributed by atoms with van der Waals surface area (Å²) in [7, 11) is -3.24. The van der Waals surface area contributed by atoms with E-state index in [-0.39, 0.29) is 0 Å². The van der Waals surface area contributed by atoms with E-state index in [9.17, 15) is 8.42 Å². The summed E-state index contributed by atoms with van der Waals surface area (Å²) in [6.45, 7) is 6.17. The summed E-state index contributed by atoms with van der Waals surface area (Å²) in [5, 5.41) is 3.43. The van der Waals surface area contributed by atoms with Crippen LogP contribution >= 0.6 is 0 Å². The maximum atomic E-state index is 12.2. The summed E-state index contributed by atoms with van der Waals surface area (Å²) in [5.41, 5.74) is 0. The first-order valence-corrected chi connectivity index (χ1v) is 9.51. The van der Waals surface area contributed by atoms with E-state index in [0.29, 0.717) is 25.6 Å². The molecule has 0 radical (unpaired) electrons. The van der Waals surface area contributed by atoms with Gasteiger partial charge in [0.05, 0.1) is 0 Å². The fourth-order valence-electron chi connectivity index (χ4n) is 2.73. The molecule has 2 N–H and O–H groups in total. The van der Waals surface area contributed by atoms with Crippen LogP contribution in [0.1, 0.15) is 45.4 Å². The Hall–Kier alpha value is -0.170. The smallest absolute Gasteiger partial charge is 0.279 e. The molecule has 0 atom stereocenters. The van der Waals surface area contributed by atoms with Gasteiger partial charge in [-0.05, 0) is 50.6 Å². The van der Waals surface area contributed by atoms with Crippen LogP contribution in [-0.2, 0) is 10.2 Å². The monoisotopic (exact) mass is 303 g/mol. The molecule has 1 saturated carbocycles. The third-order valence-corrected chi connectivity index (χ3v) is 5.92. The zero-order valence-electron chi connectivity index (χ0n) is 12.6. The molecule has 2 fully saturated rings. The molecule has 0 aromatic rings. The number of nitrogens with one attached hydrogen (secondary N) is 2. The van der Waals surface area contributed by atoms with Crippen molar-refractivity contribution >= 4 is 10.2 Å². The summed E-state index contributed by atoms with van der Waals surface area (Å²) >= 11 is 0. The van der Waals surface area contributed by atoms with Crippen LogP contribution in [0.15, 0.2) is 0 Å². The van der Waals surface area contributed by atoms with Gasteiger partial charge in [0, 0.05) is 19.6 Å². The molecule has 1 saturated heterocycles. The van der Waals surface area contributed by atoms with Gasteiger partial charge in [-0.2, -0.15) is 12.7 Å². The molecule has 0 spiro atoms. The second-order valence-electron chi connectivity index (χ2n) is 6.18. The fraction of sp³-hybridized carbons (Fsp3) is 1.00. The van der Waals surface area contributed by atoms with Crippen molar-refractivity contribution in [2.45, 2.75) is 45.4 Å². The molecule has 0 unspecified atom stereocenters. The highest BCUT2D eigenvalue weighted by atomic mass is 32.2. The highest BCUT2D eigenvalue weighted by Gasteiger charge is 2.28. The summed E-state index contributed by atoms with van der Waals surface area (Å²) in [5.74, 6) is 1.40. The molecule has 1 heterocycles. The third-order valence-electron chi connectivity index (χ3n) is 4.31. The second-order valence-corrected chi connectivity index (χ2v) is 7.93. The molecule has 118 valence electrons. The van der Waals surface area contributed by atoms with Crippen LogP contribution in [0.2, 0.25) is 0 Å². The lowest BCUT2D eigenvalue weighted by molar-refractivity contribution is 0.265. The molecule has 2 aliphatic rings. The lowest BCUT2D eigenvalue weighted by Gasteiger charge is -2.31. The van der Waals surface area contributed by atoms with Crippen molar-refractivity contribution in [2.24, 2.45) is 11.8 Å². The van der Waals surface area contributed by atoms with Gasteiger partial charge in [-0.15, -0.1) is 0 Å². The Morgan fingerprint density at radius 3 is 2.35 bits per heavy atom. The normalized spacial score (nSPS) is 22.2. The molecular formula is C14H29N3O2S. The molecule has 6 heteroatoms. The number of rotatable bonds is 9. The first-order chi connectivity index (χ1) is 9.62. The molecular weight excluding hydrogens is 274 g/mol. The van der Waals surface area contributed by atoms with Crippen molar-refractivity contribution in [3.8, 4) is 0 Å². The second kappa shape index (κ2) is 7.73. The number of hydrogen-bond donors (Lipinski definition) is 2. The molecule has 0 aromatic carbocycles. The molecule has 1 aliphatic carbocycles. The Morgan fingerprint density at radius 1 is 1.05 bits per heavy atom. The number of piperidine rings is 1. The van der Waals surface area contributed by atoms with Crippen molar-refractivity contribution in [1.82, 2.24) is 14.3 Å². The van der Waals surface area contributed by atoms with E-state index in [2.05, 4.69) is 17.0 Å². The average molecular weight is 303 g/mol. The van der Waals surface area contributed by atoms with Gasteiger partial charge in [0.1, 0.15) is 0 Å². The Labute approximate surface area is 123 Å². The van der Waals surface area contributed by atoms with Gasteiger partial charge in [-0.3, -0.25) is 0 Å². The summed E-state index contributed by atoms with van der Waals surface area (Å²) in [6.07, 6.45) is 6.64. The minimum Gasteiger partial charge on any atom is -0.316 e. The van der Waals surface area contributed by atoms with Gasteiger partial charge in [0.15, 0.2) is 0 Å². The summed E-state index contributed by atoms with van der Waals surface area (Å²) in [6, 6.07) is 0. The number of nitrogens with zero attached hydrogens (tertiary/aromatic N) is 1. The summed E-state index contributed by atoms with van der Waals surface area (Å²) < 4.78 is 28.7.